The van der Waals surface area contributed by atoms with Crippen molar-refractivity contribution < 1.29 is 4.39 Å². The number of benzene rings is 2. The molecule has 0 aliphatic heterocycles. The molecule has 0 spiro atoms. The Balaban J connectivity index is 1.56. The lowest BCUT2D eigenvalue weighted by Crippen LogP contribution is -2.18. The fraction of sp³-hybridized carbons (Fsp3) is 0.211. The zero-order valence-corrected chi connectivity index (χ0v) is 13.1. The van der Waals surface area contributed by atoms with E-state index in [0.717, 1.165) is 18.7 Å². The standard InChI is InChI=1S/C19H20FN3/c1-15(18-3-2-4-19(20)11-18)22-12-16-5-7-17(8-6-16)13-23-10-9-21-14-23/h2-11,14-15,22H,12-13H2,1H3/t15-/m1/s1. The molecule has 3 aromatic rings. The van der Waals surface area contributed by atoms with Gasteiger partial charge in [0.1, 0.15) is 5.82 Å². The molecule has 1 aromatic heterocycles. The van der Waals surface area contributed by atoms with E-state index in [-0.39, 0.29) is 11.9 Å². The number of aromatic nitrogens is 2. The number of hydrogen-bond donors (Lipinski definition) is 1. The van der Waals surface area contributed by atoms with E-state index in [9.17, 15) is 4.39 Å². The van der Waals surface area contributed by atoms with E-state index in [1.165, 1.54) is 17.2 Å². The Kier molecular flexibility index (Phi) is 4.83. The quantitative estimate of drug-likeness (QED) is 0.748. The van der Waals surface area contributed by atoms with E-state index in [4.69, 9.17) is 0 Å². The third kappa shape index (κ3) is 4.27. The Morgan fingerprint density at radius 2 is 1.91 bits per heavy atom. The maximum absolute atomic E-state index is 13.3. The Morgan fingerprint density at radius 3 is 2.61 bits per heavy atom. The minimum atomic E-state index is -0.194. The molecule has 1 atom stereocenters. The fourth-order valence-electron chi connectivity index (χ4n) is 2.52. The van der Waals surface area contributed by atoms with Gasteiger partial charge in [-0.1, -0.05) is 36.4 Å². The average Bonchev–Trinajstić information content (AvgIpc) is 3.07. The van der Waals surface area contributed by atoms with Gasteiger partial charge < -0.3 is 9.88 Å². The van der Waals surface area contributed by atoms with Gasteiger partial charge in [0.25, 0.3) is 0 Å². The predicted molar refractivity (Wildman–Crippen MR) is 89.4 cm³/mol. The van der Waals surface area contributed by atoms with Crippen LogP contribution in [-0.2, 0) is 13.1 Å². The van der Waals surface area contributed by atoms with Gasteiger partial charge in [-0.05, 0) is 35.7 Å². The summed E-state index contributed by atoms with van der Waals surface area (Å²) in [5, 5.41) is 3.43. The monoisotopic (exact) mass is 309 g/mol. The lowest BCUT2D eigenvalue weighted by molar-refractivity contribution is 0.565. The van der Waals surface area contributed by atoms with Crippen molar-refractivity contribution in [1.29, 1.82) is 0 Å². The molecule has 23 heavy (non-hydrogen) atoms. The normalized spacial score (nSPS) is 12.3. The Labute approximate surface area is 135 Å². The molecular formula is C19H20FN3. The number of halogens is 1. The molecule has 1 N–H and O–H groups in total. The summed E-state index contributed by atoms with van der Waals surface area (Å²) in [4.78, 5) is 4.05. The molecule has 0 aliphatic rings. The Bertz CT molecular complexity index is 736. The first-order chi connectivity index (χ1) is 11.2. The van der Waals surface area contributed by atoms with Gasteiger partial charge in [-0.25, -0.2) is 9.37 Å². The van der Waals surface area contributed by atoms with Crippen LogP contribution in [0.5, 0.6) is 0 Å². The van der Waals surface area contributed by atoms with Crippen LogP contribution in [0.2, 0.25) is 0 Å². The summed E-state index contributed by atoms with van der Waals surface area (Å²) in [6, 6.07) is 15.3. The highest BCUT2D eigenvalue weighted by Gasteiger charge is 2.05. The van der Waals surface area contributed by atoms with Crippen LogP contribution in [0.4, 0.5) is 4.39 Å². The summed E-state index contributed by atoms with van der Waals surface area (Å²) in [5.41, 5.74) is 3.41. The SMILES string of the molecule is C[C@@H](NCc1ccc(Cn2ccnc2)cc1)c1cccc(F)c1. The van der Waals surface area contributed by atoms with Crippen molar-refractivity contribution in [3.63, 3.8) is 0 Å². The highest BCUT2D eigenvalue weighted by atomic mass is 19.1. The molecule has 1 heterocycles. The van der Waals surface area contributed by atoms with Crippen LogP contribution in [0, 0.1) is 5.82 Å². The first-order valence-electron chi connectivity index (χ1n) is 7.73. The summed E-state index contributed by atoms with van der Waals surface area (Å²) in [6.45, 7) is 3.62. The summed E-state index contributed by atoms with van der Waals surface area (Å²) >= 11 is 0. The minimum Gasteiger partial charge on any atom is -0.333 e. The fourth-order valence-corrected chi connectivity index (χ4v) is 2.52. The molecule has 0 amide bonds. The third-order valence-electron chi connectivity index (χ3n) is 3.91. The van der Waals surface area contributed by atoms with E-state index in [0.29, 0.717) is 0 Å². The van der Waals surface area contributed by atoms with Crippen molar-refractivity contribution in [2.75, 3.05) is 0 Å². The molecule has 0 radical (unpaired) electrons. The summed E-state index contributed by atoms with van der Waals surface area (Å²) < 4.78 is 15.3. The molecule has 0 aliphatic carbocycles. The highest BCUT2D eigenvalue weighted by molar-refractivity contribution is 5.24. The molecule has 2 aromatic carbocycles. The number of imidazole rings is 1. The van der Waals surface area contributed by atoms with Crippen LogP contribution in [-0.4, -0.2) is 9.55 Å². The van der Waals surface area contributed by atoms with Crippen molar-refractivity contribution in [3.8, 4) is 0 Å². The lowest BCUT2D eigenvalue weighted by Gasteiger charge is -2.14. The molecule has 118 valence electrons. The zero-order valence-electron chi connectivity index (χ0n) is 13.1. The van der Waals surface area contributed by atoms with Crippen molar-refractivity contribution in [2.45, 2.75) is 26.1 Å². The molecule has 4 heteroatoms. The van der Waals surface area contributed by atoms with Crippen LogP contribution >= 0.6 is 0 Å². The molecule has 3 nitrogen and oxygen atoms in total. The number of hydrogen-bond acceptors (Lipinski definition) is 2. The number of nitrogens with one attached hydrogen (secondary N) is 1. The molecule has 0 saturated heterocycles. The van der Waals surface area contributed by atoms with Gasteiger partial charge in [0.05, 0.1) is 6.33 Å². The first kappa shape index (κ1) is 15.4. The summed E-state index contributed by atoms with van der Waals surface area (Å²) in [7, 11) is 0. The first-order valence-corrected chi connectivity index (χ1v) is 7.73. The Morgan fingerprint density at radius 1 is 1.13 bits per heavy atom. The topological polar surface area (TPSA) is 29.9 Å². The molecule has 0 bridgehead atoms. The third-order valence-corrected chi connectivity index (χ3v) is 3.91. The van der Waals surface area contributed by atoms with Crippen LogP contribution in [0.25, 0.3) is 0 Å². The van der Waals surface area contributed by atoms with Gasteiger partial charge in [0.2, 0.25) is 0 Å². The maximum atomic E-state index is 13.3. The number of rotatable bonds is 6. The number of nitrogens with zero attached hydrogens (tertiary/aromatic N) is 2. The van der Waals surface area contributed by atoms with E-state index < -0.39 is 0 Å². The van der Waals surface area contributed by atoms with Gasteiger partial charge in [-0.15, -0.1) is 0 Å². The van der Waals surface area contributed by atoms with Gasteiger partial charge >= 0.3 is 0 Å². The maximum Gasteiger partial charge on any atom is 0.123 e. The molecular weight excluding hydrogens is 289 g/mol. The van der Waals surface area contributed by atoms with Crippen molar-refractivity contribution >= 4 is 0 Å². The van der Waals surface area contributed by atoms with Crippen LogP contribution < -0.4 is 5.32 Å². The summed E-state index contributed by atoms with van der Waals surface area (Å²) in [6.07, 6.45) is 5.55. The smallest absolute Gasteiger partial charge is 0.123 e. The predicted octanol–water partition coefficient (Wildman–Crippen LogP) is 3.92. The second-order valence-corrected chi connectivity index (χ2v) is 5.71. The van der Waals surface area contributed by atoms with Gasteiger partial charge in [0.15, 0.2) is 0 Å². The second kappa shape index (κ2) is 7.20. The van der Waals surface area contributed by atoms with Crippen LogP contribution in [0.3, 0.4) is 0 Å². The summed E-state index contributed by atoms with van der Waals surface area (Å²) in [5.74, 6) is -0.194. The minimum absolute atomic E-state index is 0.108. The lowest BCUT2D eigenvalue weighted by atomic mass is 10.1. The van der Waals surface area contributed by atoms with Gasteiger partial charge in [0, 0.05) is 31.5 Å². The van der Waals surface area contributed by atoms with Gasteiger partial charge in [-0.2, -0.15) is 0 Å². The van der Waals surface area contributed by atoms with Crippen molar-refractivity contribution in [3.05, 3.63) is 89.8 Å². The van der Waals surface area contributed by atoms with Crippen molar-refractivity contribution in [2.24, 2.45) is 0 Å². The Hall–Kier alpha value is -2.46. The van der Waals surface area contributed by atoms with Crippen molar-refractivity contribution in [1.82, 2.24) is 14.9 Å². The van der Waals surface area contributed by atoms with Crippen LogP contribution in [0.1, 0.15) is 29.7 Å². The molecule has 0 fully saturated rings. The average molecular weight is 309 g/mol. The zero-order chi connectivity index (χ0) is 16.1. The van der Waals surface area contributed by atoms with E-state index >= 15 is 0 Å². The highest BCUT2D eigenvalue weighted by Crippen LogP contribution is 2.14. The van der Waals surface area contributed by atoms with Gasteiger partial charge in [-0.3, -0.25) is 0 Å². The molecule has 0 saturated carbocycles. The van der Waals surface area contributed by atoms with E-state index in [1.54, 1.807) is 18.3 Å². The van der Waals surface area contributed by atoms with E-state index in [2.05, 4.69) is 34.6 Å². The second-order valence-electron chi connectivity index (χ2n) is 5.71. The largest absolute Gasteiger partial charge is 0.333 e. The molecule has 0 unspecified atom stereocenters. The van der Waals surface area contributed by atoms with Crippen LogP contribution in [0.15, 0.2) is 67.3 Å². The van der Waals surface area contributed by atoms with E-state index in [1.807, 2.05) is 30.1 Å². The molecule has 3 rings (SSSR count).